The zero-order valence-electron chi connectivity index (χ0n) is 9.65. The van der Waals surface area contributed by atoms with E-state index >= 15 is 0 Å². The number of rotatable bonds is 5. The molecule has 0 aliphatic carbocycles. The third-order valence-electron chi connectivity index (χ3n) is 2.21. The highest BCUT2D eigenvalue weighted by molar-refractivity contribution is 7.89. The smallest absolute Gasteiger partial charge is 0.207 e. The van der Waals surface area contributed by atoms with Crippen LogP contribution in [0.1, 0.15) is 19.8 Å². The summed E-state index contributed by atoms with van der Waals surface area (Å²) < 4.78 is 39.1. The van der Waals surface area contributed by atoms with Crippen LogP contribution in [0.25, 0.3) is 0 Å². The van der Waals surface area contributed by atoms with Crippen LogP contribution in [-0.2, 0) is 10.0 Å². The highest BCUT2D eigenvalue weighted by atomic mass is 35.5. The Morgan fingerprint density at radius 3 is 2.78 bits per heavy atom. The second kappa shape index (κ2) is 6.14. The third kappa shape index (κ3) is 3.67. The van der Waals surface area contributed by atoms with Gasteiger partial charge < -0.3 is 0 Å². The molecule has 7 heteroatoms. The van der Waals surface area contributed by atoms with Crippen molar-refractivity contribution in [3.63, 3.8) is 0 Å². The number of hydrogen-bond acceptors (Lipinski definition) is 3. The lowest BCUT2D eigenvalue weighted by molar-refractivity contribution is 0.560. The van der Waals surface area contributed by atoms with E-state index in [0.29, 0.717) is 12.8 Å². The molecule has 0 amide bonds. The Hall–Kier alpha value is -1.16. The van der Waals surface area contributed by atoms with Crippen molar-refractivity contribution in [1.82, 2.24) is 4.72 Å². The van der Waals surface area contributed by atoms with Crippen molar-refractivity contribution >= 4 is 21.6 Å². The van der Waals surface area contributed by atoms with Crippen LogP contribution in [0.2, 0.25) is 5.02 Å². The molecule has 1 unspecified atom stereocenters. The Bertz CT molecular complexity index is 569. The fourth-order valence-electron chi connectivity index (χ4n) is 1.37. The molecule has 0 radical (unpaired) electrons. The van der Waals surface area contributed by atoms with Gasteiger partial charge in [-0.25, -0.2) is 12.8 Å². The van der Waals surface area contributed by atoms with E-state index < -0.39 is 21.9 Å². The average Bonchev–Trinajstić information content (AvgIpc) is 2.31. The van der Waals surface area contributed by atoms with Gasteiger partial charge in [-0.2, -0.15) is 9.98 Å². The van der Waals surface area contributed by atoms with Gasteiger partial charge in [0.2, 0.25) is 10.0 Å². The zero-order valence-corrected chi connectivity index (χ0v) is 11.2. The minimum absolute atomic E-state index is 0.0860. The van der Waals surface area contributed by atoms with Crippen molar-refractivity contribution in [3.05, 3.63) is 29.0 Å². The van der Waals surface area contributed by atoms with Crippen molar-refractivity contribution in [3.8, 4) is 6.07 Å². The van der Waals surface area contributed by atoms with E-state index in [1.165, 1.54) is 0 Å². The summed E-state index contributed by atoms with van der Waals surface area (Å²) >= 11 is 5.72. The number of sulfonamides is 1. The van der Waals surface area contributed by atoms with Gasteiger partial charge in [0.1, 0.15) is 16.8 Å². The predicted molar refractivity (Wildman–Crippen MR) is 66.0 cm³/mol. The topological polar surface area (TPSA) is 70.0 Å². The maximum absolute atomic E-state index is 13.0. The second-order valence-electron chi connectivity index (χ2n) is 3.67. The van der Waals surface area contributed by atoms with Crippen LogP contribution in [0, 0.1) is 17.1 Å². The molecule has 0 aliphatic rings. The molecule has 1 N–H and O–H groups in total. The summed E-state index contributed by atoms with van der Waals surface area (Å²) in [6, 6.07) is 4.04. The van der Waals surface area contributed by atoms with Gasteiger partial charge in [-0.1, -0.05) is 24.9 Å². The van der Waals surface area contributed by atoms with Gasteiger partial charge in [-0.3, -0.25) is 0 Å². The summed E-state index contributed by atoms with van der Waals surface area (Å²) in [4.78, 5) is -0.361. The van der Waals surface area contributed by atoms with Crippen LogP contribution >= 0.6 is 11.6 Å². The van der Waals surface area contributed by atoms with Crippen LogP contribution in [0.15, 0.2) is 23.1 Å². The summed E-state index contributed by atoms with van der Waals surface area (Å²) in [5, 5.41) is 8.72. The molecule has 1 aromatic rings. The fraction of sp³-hybridized carbons (Fsp3) is 0.364. The quantitative estimate of drug-likeness (QED) is 0.905. The number of nitriles is 1. The molecule has 0 saturated carbocycles. The molecule has 0 spiro atoms. The maximum Gasteiger partial charge on any atom is 0.243 e. The lowest BCUT2D eigenvalue weighted by Gasteiger charge is -2.12. The number of halogens is 2. The summed E-state index contributed by atoms with van der Waals surface area (Å²) in [6.45, 7) is 1.83. The zero-order chi connectivity index (χ0) is 13.8. The van der Waals surface area contributed by atoms with E-state index in [1.54, 1.807) is 0 Å². The second-order valence-corrected chi connectivity index (χ2v) is 5.76. The van der Waals surface area contributed by atoms with Crippen molar-refractivity contribution in [2.45, 2.75) is 30.7 Å². The molecular weight excluding hydrogens is 279 g/mol. The molecule has 0 heterocycles. The molecule has 4 nitrogen and oxygen atoms in total. The van der Waals surface area contributed by atoms with E-state index in [0.717, 1.165) is 18.2 Å². The summed E-state index contributed by atoms with van der Waals surface area (Å²) in [5.41, 5.74) is 0. The number of nitrogens with zero attached hydrogens (tertiary/aromatic N) is 1. The maximum atomic E-state index is 13.0. The van der Waals surface area contributed by atoms with Crippen LogP contribution < -0.4 is 4.72 Å². The van der Waals surface area contributed by atoms with E-state index in [2.05, 4.69) is 4.72 Å². The minimum Gasteiger partial charge on any atom is -0.207 e. The molecule has 0 fully saturated rings. The third-order valence-corrected chi connectivity index (χ3v) is 4.17. The molecule has 0 aromatic heterocycles. The molecule has 0 bridgehead atoms. The normalized spacial score (nSPS) is 13.0. The molecule has 1 rings (SSSR count). The van der Waals surface area contributed by atoms with Gasteiger partial charge in [-0.15, -0.1) is 0 Å². The molecule has 98 valence electrons. The molecule has 1 aromatic carbocycles. The first-order valence-corrected chi connectivity index (χ1v) is 7.14. The van der Waals surface area contributed by atoms with Gasteiger partial charge >= 0.3 is 0 Å². The fourth-order valence-corrected chi connectivity index (χ4v) is 3.06. The Kier molecular flexibility index (Phi) is 5.08. The van der Waals surface area contributed by atoms with Gasteiger partial charge in [0.25, 0.3) is 0 Å². The first-order chi connectivity index (χ1) is 8.40. The first-order valence-electron chi connectivity index (χ1n) is 5.27. The Morgan fingerprint density at radius 1 is 1.56 bits per heavy atom. The average molecular weight is 291 g/mol. The van der Waals surface area contributed by atoms with Crippen LogP contribution in [0.4, 0.5) is 4.39 Å². The first kappa shape index (κ1) is 14.9. The number of nitrogens with one attached hydrogen (secondary N) is 1. The molecule has 0 saturated heterocycles. The predicted octanol–water partition coefficient (Wildman–Crippen LogP) is 2.45. The van der Waals surface area contributed by atoms with Crippen molar-refractivity contribution in [2.75, 3.05) is 0 Å². The van der Waals surface area contributed by atoms with Crippen molar-refractivity contribution < 1.29 is 12.8 Å². The van der Waals surface area contributed by atoms with E-state index in [1.807, 2.05) is 13.0 Å². The van der Waals surface area contributed by atoms with E-state index in [4.69, 9.17) is 16.9 Å². The van der Waals surface area contributed by atoms with Crippen LogP contribution in [0.5, 0.6) is 0 Å². The monoisotopic (exact) mass is 290 g/mol. The van der Waals surface area contributed by atoms with E-state index in [-0.39, 0.29) is 9.92 Å². The number of benzene rings is 1. The summed E-state index contributed by atoms with van der Waals surface area (Å²) in [6.07, 6.45) is 1.03. The Morgan fingerprint density at radius 2 is 2.22 bits per heavy atom. The Labute approximate surface area is 110 Å². The minimum atomic E-state index is -3.99. The van der Waals surface area contributed by atoms with Gasteiger partial charge in [0.15, 0.2) is 0 Å². The SMILES string of the molecule is CCCC(C#N)NS(=O)(=O)c1cc(F)ccc1Cl. The lowest BCUT2D eigenvalue weighted by atomic mass is 10.2. The molecule has 18 heavy (non-hydrogen) atoms. The van der Waals surface area contributed by atoms with Gasteiger partial charge in [0.05, 0.1) is 11.1 Å². The highest BCUT2D eigenvalue weighted by Crippen LogP contribution is 2.22. The molecule has 0 aliphatic heterocycles. The van der Waals surface area contributed by atoms with Gasteiger partial charge in [0, 0.05) is 0 Å². The van der Waals surface area contributed by atoms with Crippen molar-refractivity contribution in [1.29, 1.82) is 5.26 Å². The summed E-state index contributed by atoms with van der Waals surface area (Å²) in [5.74, 6) is -0.705. The lowest BCUT2D eigenvalue weighted by Crippen LogP contribution is -2.33. The van der Waals surface area contributed by atoms with Gasteiger partial charge in [-0.05, 0) is 24.6 Å². The number of hydrogen-bond donors (Lipinski definition) is 1. The highest BCUT2D eigenvalue weighted by Gasteiger charge is 2.22. The Balaban J connectivity index is 3.07. The molecular formula is C11H12ClFN2O2S. The standard InChI is InChI=1S/C11H12ClFN2O2S/c1-2-3-9(7-14)15-18(16,17)11-6-8(13)4-5-10(11)12/h4-6,9,15H,2-3H2,1H3. The summed E-state index contributed by atoms with van der Waals surface area (Å²) in [7, 11) is -3.99. The largest absolute Gasteiger partial charge is 0.243 e. The molecule has 1 atom stereocenters. The van der Waals surface area contributed by atoms with Crippen molar-refractivity contribution in [2.24, 2.45) is 0 Å². The van der Waals surface area contributed by atoms with E-state index in [9.17, 15) is 12.8 Å². The van der Waals surface area contributed by atoms with Crippen LogP contribution in [0.3, 0.4) is 0 Å². The van der Waals surface area contributed by atoms with Crippen LogP contribution in [-0.4, -0.2) is 14.5 Å².